The van der Waals surface area contributed by atoms with E-state index in [1.54, 1.807) is 4.90 Å². The fraction of sp³-hybridized carbons (Fsp3) is 0. The van der Waals surface area contributed by atoms with Crippen LogP contribution in [0.4, 0.5) is 34.1 Å². The molecule has 9 aromatic carbocycles. The number of rotatable bonds is 8. The zero-order valence-corrected chi connectivity index (χ0v) is 29.9. The second-order valence-electron chi connectivity index (χ2n) is 13.5. The third-order valence-electron chi connectivity index (χ3n) is 10.2. The fourth-order valence-corrected chi connectivity index (χ4v) is 7.78. The Morgan fingerprint density at radius 2 is 0.873 bits per heavy atom. The van der Waals surface area contributed by atoms with Gasteiger partial charge in [-0.15, -0.1) is 0 Å². The molecule has 0 saturated heterocycles. The lowest BCUT2D eigenvalue weighted by Crippen LogP contribution is -2.10. The van der Waals surface area contributed by atoms with Crippen LogP contribution in [0.2, 0.25) is 0 Å². The minimum atomic E-state index is -0.115. The first-order valence-electron chi connectivity index (χ1n) is 20.5. The number of nitrogens with zero attached hydrogens (tertiary/aromatic N) is 3. The number of anilines is 6. The van der Waals surface area contributed by atoms with Gasteiger partial charge in [0.2, 0.25) is 0 Å². The fourth-order valence-electron chi connectivity index (χ4n) is 7.78. The molecular weight excluding hydrogens is 667 g/mol. The number of hydrogen-bond donors (Lipinski definition) is 0. The molecule has 260 valence electrons. The summed E-state index contributed by atoms with van der Waals surface area (Å²) in [6, 6.07) is 66.6. The predicted molar refractivity (Wildman–Crippen MR) is 233 cm³/mol. The average molecular weight is 708 g/mol. The Labute approximate surface area is 326 Å². The second kappa shape index (κ2) is 13.9. The highest BCUT2D eigenvalue weighted by Crippen LogP contribution is 2.44. The van der Waals surface area contributed by atoms with Gasteiger partial charge < -0.3 is 14.4 Å². The molecule has 3 heteroatoms. The Morgan fingerprint density at radius 3 is 1.55 bits per heavy atom. The summed E-state index contributed by atoms with van der Waals surface area (Å²) in [7, 11) is 0. The molecule has 1 heterocycles. The van der Waals surface area contributed by atoms with Crippen LogP contribution in [0, 0.1) is 0 Å². The monoisotopic (exact) mass is 707 g/mol. The molecule has 0 atom stereocenters. The molecule has 0 saturated carbocycles. The van der Waals surface area contributed by atoms with Crippen LogP contribution in [0.5, 0.6) is 0 Å². The highest BCUT2D eigenvalue weighted by atomic mass is 15.1. The third-order valence-corrected chi connectivity index (χ3v) is 10.2. The zero-order chi connectivity index (χ0) is 40.0. The van der Waals surface area contributed by atoms with Crippen molar-refractivity contribution in [3.63, 3.8) is 0 Å². The lowest BCUT2D eigenvalue weighted by molar-refractivity contribution is 1.18. The largest absolute Gasteiger partial charge is 0.311 e. The van der Waals surface area contributed by atoms with Gasteiger partial charge in [-0.25, -0.2) is 0 Å². The van der Waals surface area contributed by atoms with Crippen LogP contribution in [0.3, 0.4) is 0 Å². The SMILES string of the molecule is [2H]c1c([2H])c(N(c2ccccc2)c2ccccc2)c([2H])c([2H])c1-c1cccc2c(N(c3ccccc3)c3ccc4c(c3)c3ccccc3n4-c3ccccc3)cccc12. The van der Waals surface area contributed by atoms with Gasteiger partial charge in [0.1, 0.15) is 0 Å². The van der Waals surface area contributed by atoms with Gasteiger partial charge in [-0.05, 0) is 107 Å². The van der Waals surface area contributed by atoms with E-state index in [-0.39, 0.29) is 35.4 Å². The maximum absolute atomic E-state index is 9.49. The minimum Gasteiger partial charge on any atom is -0.311 e. The summed E-state index contributed by atoms with van der Waals surface area (Å²) in [6.07, 6.45) is 0. The molecular formula is C52H37N3. The summed E-state index contributed by atoms with van der Waals surface area (Å²) in [5.41, 5.74) is 8.80. The Morgan fingerprint density at radius 1 is 0.345 bits per heavy atom. The van der Waals surface area contributed by atoms with E-state index in [1.807, 2.05) is 109 Å². The Bertz CT molecular complexity index is 3080. The first-order valence-corrected chi connectivity index (χ1v) is 18.5. The molecule has 0 bridgehead atoms. The first kappa shape index (κ1) is 28.2. The summed E-state index contributed by atoms with van der Waals surface area (Å²) in [4.78, 5) is 4.06. The molecule has 0 spiro atoms. The number of fused-ring (bicyclic) bond motifs is 4. The molecule has 1 aromatic heterocycles. The van der Waals surface area contributed by atoms with Crippen molar-refractivity contribution < 1.29 is 5.48 Å². The molecule has 0 N–H and O–H groups in total. The van der Waals surface area contributed by atoms with Gasteiger partial charge in [-0.1, -0.05) is 133 Å². The highest BCUT2D eigenvalue weighted by Gasteiger charge is 2.20. The Kier molecular flexibility index (Phi) is 7.12. The molecule has 3 nitrogen and oxygen atoms in total. The first-order chi connectivity index (χ1) is 29.0. The molecule has 0 amide bonds. The molecule has 0 aliphatic rings. The molecule has 10 rings (SSSR count). The van der Waals surface area contributed by atoms with Crippen LogP contribution in [0.25, 0.3) is 49.4 Å². The van der Waals surface area contributed by atoms with Crippen molar-refractivity contribution in [2.45, 2.75) is 0 Å². The van der Waals surface area contributed by atoms with E-state index in [4.69, 9.17) is 0 Å². The van der Waals surface area contributed by atoms with Crippen LogP contribution in [0.1, 0.15) is 5.48 Å². The van der Waals surface area contributed by atoms with Crippen molar-refractivity contribution in [3.8, 4) is 16.8 Å². The molecule has 55 heavy (non-hydrogen) atoms. The summed E-state index contributed by atoms with van der Waals surface area (Å²) >= 11 is 0. The number of benzene rings is 9. The number of hydrogen-bond acceptors (Lipinski definition) is 2. The topological polar surface area (TPSA) is 11.4 Å². The van der Waals surface area contributed by atoms with Crippen LogP contribution in [-0.2, 0) is 0 Å². The Hall–Kier alpha value is -7.36. The quantitative estimate of drug-likeness (QED) is 0.156. The molecule has 10 aromatic rings. The number of para-hydroxylation sites is 5. The lowest BCUT2D eigenvalue weighted by Gasteiger charge is -2.27. The van der Waals surface area contributed by atoms with Gasteiger partial charge in [0, 0.05) is 50.3 Å². The Balaban J connectivity index is 1.16. The van der Waals surface area contributed by atoms with Gasteiger partial charge in [0.05, 0.1) is 22.2 Å². The third kappa shape index (κ3) is 5.80. The summed E-state index contributed by atoms with van der Waals surface area (Å²) in [6.45, 7) is 0. The molecule has 0 aliphatic heterocycles. The van der Waals surface area contributed by atoms with Crippen LogP contribution in [0.15, 0.2) is 224 Å². The lowest BCUT2D eigenvalue weighted by atomic mass is 9.96. The maximum atomic E-state index is 9.49. The van der Waals surface area contributed by atoms with Gasteiger partial charge in [-0.3, -0.25) is 0 Å². The van der Waals surface area contributed by atoms with Crippen molar-refractivity contribution in [3.05, 3.63) is 224 Å². The standard InChI is InChI=1S/C52H37N3/c1-5-17-39(18-6-1)53(40-19-7-2-8-20-40)43-33-31-38(32-34-43)45-26-15-28-47-46(45)27-16-30-50(47)54(41-21-9-3-10-22-41)44-35-36-52-49(37-44)48-25-13-14-29-51(48)55(52)42-23-11-4-12-24-42/h1-37H/i31D,32D,33D,34D. The van der Waals surface area contributed by atoms with Crippen molar-refractivity contribution in [1.82, 2.24) is 4.57 Å². The molecule has 0 unspecified atom stereocenters. The van der Waals surface area contributed by atoms with Gasteiger partial charge >= 0.3 is 0 Å². The van der Waals surface area contributed by atoms with E-state index in [2.05, 4.69) is 100 Å². The average Bonchev–Trinajstić information content (AvgIpc) is 3.62. The van der Waals surface area contributed by atoms with Crippen molar-refractivity contribution >= 4 is 66.7 Å². The smallest absolute Gasteiger partial charge is 0.0645 e. The van der Waals surface area contributed by atoms with Crippen LogP contribution in [-0.4, -0.2) is 4.57 Å². The van der Waals surface area contributed by atoms with E-state index in [0.717, 1.165) is 66.7 Å². The van der Waals surface area contributed by atoms with Crippen molar-refractivity contribution in [2.75, 3.05) is 9.80 Å². The van der Waals surface area contributed by atoms with Crippen molar-refractivity contribution in [2.24, 2.45) is 0 Å². The maximum Gasteiger partial charge on any atom is 0.0645 e. The second-order valence-corrected chi connectivity index (χ2v) is 13.5. The summed E-state index contributed by atoms with van der Waals surface area (Å²) < 4.78 is 40.2. The van der Waals surface area contributed by atoms with E-state index in [1.165, 1.54) is 0 Å². The highest BCUT2D eigenvalue weighted by molar-refractivity contribution is 6.12. The molecule has 0 aliphatic carbocycles. The van der Waals surface area contributed by atoms with E-state index in [0.29, 0.717) is 5.56 Å². The van der Waals surface area contributed by atoms with Crippen LogP contribution >= 0.6 is 0 Å². The predicted octanol–water partition coefficient (Wildman–Crippen LogP) is 14.5. The van der Waals surface area contributed by atoms with Crippen LogP contribution < -0.4 is 9.80 Å². The minimum absolute atomic E-state index is 0.101. The summed E-state index contributed by atoms with van der Waals surface area (Å²) in [5.74, 6) is 0. The van der Waals surface area contributed by atoms with Crippen molar-refractivity contribution in [1.29, 1.82) is 0 Å². The van der Waals surface area contributed by atoms with E-state index < -0.39 is 0 Å². The zero-order valence-electron chi connectivity index (χ0n) is 33.9. The summed E-state index contributed by atoms with van der Waals surface area (Å²) in [5, 5.41) is 4.03. The molecule has 0 radical (unpaired) electrons. The van der Waals surface area contributed by atoms with Gasteiger partial charge in [0.15, 0.2) is 0 Å². The van der Waals surface area contributed by atoms with E-state index >= 15 is 0 Å². The van der Waals surface area contributed by atoms with Gasteiger partial charge in [-0.2, -0.15) is 0 Å². The normalized spacial score (nSPS) is 12.3. The van der Waals surface area contributed by atoms with E-state index in [9.17, 15) is 5.48 Å². The number of aromatic nitrogens is 1. The molecule has 0 fully saturated rings. The van der Waals surface area contributed by atoms with Gasteiger partial charge in [0.25, 0.3) is 0 Å².